The van der Waals surface area contributed by atoms with Crippen LogP contribution in [0, 0.1) is 0 Å². The van der Waals surface area contributed by atoms with Crippen molar-refractivity contribution in [1.82, 2.24) is 0 Å². The van der Waals surface area contributed by atoms with E-state index in [1.165, 1.54) is 38.6 Å². The molecule has 1 heteroatoms. The van der Waals surface area contributed by atoms with Crippen molar-refractivity contribution >= 4 is 0 Å². The van der Waals surface area contributed by atoms with Crippen molar-refractivity contribution in [3.05, 3.63) is 35.4 Å². The van der Waals surface area contributed by atoms with Gasteiger partial charge in [0.15, 0.2) is 0 Å². The Kier molecular flexibility index (Phi) is 2.51. The number of hydrogen-bond donors (Lipinski definition) is 1. The van der Waals surface area contributed by atoms with E-state index >= 15 is 0 Å². The molecule has 2 aliphatic rings. The summed E-state index contributed by atoms with van der Waals surface area (Å²) in [7, 11) is 0. The molecular formula is C15H22N+. The highest BCUT2D eigenvalue weighted by atomic mass is 15.0. The van der Waals surface area contributed by atoms with Crippen molar-refractivity contribution in [3.63, 3.8) is 0 Å². The molecule has 1 heterocycles. The zero-order valence-electron chi connectivity index (χ0n) is 10.2. The van der Waals surface area contributed by atoms with Gasteiger partial charge in [0.1, 0.15) is 6.54 Å². The van der Waals surface area contributed by atoms with Gasteiger partial charge < -0.3 is 5.32 Å². The van der Waals surface area contributed by atoms with Crippen LogP contribution in [0.2, 0.25) is 0 Å². The molecule has 1 aromatic rings. The quantitative estimate of drug-likeness (QED) is 0.686. The van der Waals surface area contributed by atoms with Crippen molar-refractivity contribution < 1.29 is 5.32 Å². The van der Waals surface area contributed by atoms with Gasteiger partial charge in [-0.2, -0.15) is 0 Å². The molecule has 3 rings (SSSR count). The molecule has 1 aromatic carbocycles. The molecule has 1 aliphatic carbocycles. The summed E-state index contributed by atoms with van der Waals surface area (Å²) in [6.07, 6.45) is 7.14. The molecule has 1 aliphatic heterocycles. The smallest absolute Gasteiger partial charge is 0.102 e. The van der Waals surface area contributed by atoms with E-state index in [0.29, 0.717) is 5.54 Å². The lowest BCUT2D eigenvalue weighted by molar-refractivity contribution is -0.740. The van der Waals surface area contributed by atoms with Gasteiger partial charge in [0, 0.05) is 24.8 Å². The fourth-order valence-corrected chi connectivity index (χ4v) is 3.82. The maximum Gasteiger partial charge on any atom is 0.102 e. The second-order valence-electron chi connectivity index (χ2n) is 5.78. The second-order valence-corrected chi connectivity index (χ2v) is 5.78. The van der Waals surface area contributed by atoms with Gasteiger partial charge in [-0.25, -0.2) is 0 Å². The van der Waals surface area contributed by atoms with Crippen LogP contribution in [0.3, 0.4) is 0 Å². The molecule has 0 bridgehead atoms. The first-order chi connectivity index (χ1) is 7.79. The van der Waals surface area contributed by atoms with E-state index in [-0.39, 0.29) is 0 Å². The lowest BCUT2D eigenvalue weighted by atomic mass is 9.84. The summed E-state index contributed by atoms with van der Waals surface area (Å²) < 4.78 is 0. The summed E-state index contributed by atoms with van der Waals surface area (Å²) in [5.41, 5.74) is 3.75. The second kappa shape index (κ2) is 3.89. The molecule has 1 fully saturated rings. The molecule has 0 unspecified atom stereocenters. The van der Waals surface area contributed by atoms with Gasteiger partial charge in [0.25, 0.3) is 0 Å². The average molecular weight is 216 g/mol. The molecule has 0 aromatic heterocycles. The Morgan fingerprint density at radius 2 is 1.94 bits per heavy atom. The van der Waals surface area contributed by atoms with E-state index in [4.69, 9.17) is 0 Å². The summed E-state index contributed by atoms with van der Waals surface area (Å²) in [4.78, 5) is 0. The highest BCUT2D eigenvalue weighted by molar-refractivity contribution is 5.30. The molecule has 0 amide bonds. The van der Waals surface area contributed by atoms with E-state index in [2.05, 4.69) is 36.5 Å². The van der Waals surface area contributed by atoms with Crippen LogP contribution < -0.4 is 5.32 Å². The highest BCUT2D eigenvalue weighted by Crippen LogP contribution is 2.37. The first-order valence-corrected chi connectivity index (χ1v) is 6.71. The molecule has 0 saturated heterocycles. The summed E-state index contributed by atoms with van der Waals surface area (Å²) >= 11 is 0. The van der Waals surface area contributed by atoms with Gasteiger partial charge in [-0.15, -0.1) is 0 Å². The van der Waals surface area contributed by atoms with Crippen LogP contribution in [0.15, 0.2) is 24.3 Å². The van der Waals surface area contributed by atoms with Gasteiger partial charge in [-0.05, 0) is 24.3 Å². The van der Waals surface area contributed by atoms with Gasteiger partial charge in [0.2, 0.25) is 0 Å². The van der Waals surface area contributed by atoms with Gasteiger partial charge >= 0.3 is 0 Å². The minimum absolute atomic E-state index is 0.582. The van der Waals surface area contributed by atoms with Crippen LogP contribution >= 0.6 is 0 Å². The van der Waals surface area contributed by atoms with E-state index in [9.17, 15) is 0 Å². The Morgan fingerprint density at radius 1 is 1.19 bits per heavy atom. The fraction of sp³-hybridized carbons (Fsp3) is 0.600. The predicted molar refractivity (Wildman–Crippen MR) is 66.3 cm³/mol. The number of fused-ring (bicyclic) bond motifs is 1. The number of quaternary nitrogens is 1. The van der Waals surface area contributed by atoms with Crippen LogP contribution in [0.5, 0.6) is 0 Å². The predicted octanol–water partition coefficient (Wildman–Crippen LogP) is 2.57. The minimum Gasteiger partial charge on any atom is -0.338 e. The van der Waals surface area contributed by atoms with Crippen LogP contribution in [0.25, 0.3) is 0 Å². The molecule has 1 saturated carbocycles. The van der Waals surface area contributed by atoms with Crippen LogP contribution in [-0.4, -0.2) is 5.54 Å². The molecule has 0 radical (unpaired) electrons. The molecule has 16 heavy (non-hydrogen) atoms. The van der Waals surface area contributed by atoms with Gasteiger partial charge in [-0.1, -0.05) is 31.2 Å². The number of rotatable bonds is 0. The zero-order valence-corrected chi connectivity index (χ0v) is 10.2. The first-order valence-electron chi connectivity index (χ1n) is 6.71. The van der Waals surface area contributed by atoms with Crippen molar-refractivity contribution in [2.75, 3.05) is 0 Å². The van der Waals surface area contributed by atoms with Crippen molar-refractivity contribution in [2.45, 2.75) is 57.0 Å². The highest BCUT2D eigenvalue weighted by Gasteiger charge is 2.40. The van der Waals surface area contributed by atoms with E-state index in [0.717, 1.165) is 5.92 Å². The third-order valence-electron chi connectivity index (χ3n) is 4.65. The van der Waals surface area contributed by atoms with Crippen molar-refractivity contribution in [1.29, 1.82) is 0 Å². The lowest BCUT2D eigenvalue weighted by Gasteiger charge is -2.26. The maximum atomic E-state index is 2.64. The van der Waals surface area contributed by atoms with E-state index < -0.39 is 0 Å². The molecule has 2 N–H and O–H groups in total. The summed E-state index contributed by atoms with van der Waals surface area (Å²) in [5, 5.41) is 2.64. The van der Waals surface area contributed by atoms with Crippen molar-refractivity contribution in [2.24, 2.45) is 0 Å². The summed E-state index contributed by atoms with van der Waals surface area (Å²) in [5.74, 6) is 0.744. The monoisotopic (exact) mass is 216 g/mol. The van der Waals surface area contributed by atoms with Crippen LogP contribution in [-0.2, 0) is 6.54 Å². The Morgan fingerprint density at radius 3 is 2.75 bits per heavy atom. The zero-order chi connectivity index (χ0) is 11.0. The standard InChI is InChI=1S/C15H21N/c1-12-10-15(8-4-5-9-15)16-11-13-6-2-3-7-14(12)13/h2-3,6-7,12,16H,4-5,8-11H2,1H3/p+1/t12-/m1/s1. The van der Waals surface area contributed by atoms with Crippen molar-refractivity contribution in [3.8, 4) is 0 Å². The molecular weight excluding hydrogens is 194 g/mol. The summed E-state index contributed by atoms with van der Waals surface area (Å²) in [6.45, 7) is 3.61. The lowest BCUT2D eigenvalue weighted by Crippen LogP contribution is -2.94. The normalized spacial score (nSPS) is 27.7. The Labute approximate surface area is 98.3 Å². The Hall–Kier alpha value is -0.820. The molecule has 1 atom stereocenters. The third-order valence-corrected chi connectivity index (χ3v) is 4.65. The molecule has 1 nitrogen and oxygen atoms in total. The Bertz CT molecular complexity index is 377. The third kappa shape index (κ3) is 1.67. The fourth-order valence-electron chi connectivity index (χ4n) is 3.82. The minimum atomic E-state index is 0.582. The summed E-state index contributed by atoms with van der Waals surface area (Å²) in [6, 6.07) is 9.03. The van der Waals surface area contributed by atoms with Gasteiger partial charge in [-0.3, -0.25) is 0 Å². The molecule has 86 valence electrons. The molecule has 1 spiro atoms. The number of benzene rings is 1. The van der Waals surface area contributed by atoms with Gasteiger partial charge in [0.05, 0.1) is 5.54 Å². The van der Waals surface area contributed by atoms with E-state index in [1.54, 1.807) is 11.1 Å². The van der Waals surface area contributed by atoms with Crippen LogP contribution in [0.1, 0.15) is 56.1 Å². The van der Waals surface area contributed by atoms with E-state index in [1.807, 2.05) is 0 Å². The largest absolute Gasteiger partial charge is 0.338 e. The SMILES string of the molecule is C[C@@H]1CC2(CCCC2)[NH2+]Cc2ccccc21. The average Bonchev–Trinajstić information content (AvgIpc) is 2.70. The number of hydrogen-bond acceptors (Lipinski definition) is 0. The maximum absolute atomic E-state index is 2.64. The van der Waals surface area contributed by atoms with Crippen LogP contribution in [0.4, 0.5) is 0 Å². The topological polar surface area (TPSA) is 16.6 Å². The number of nitrogens with two attached hydrogens (primary N) is 1. The first kappa shape index (κ1) is 10.3. The Balaban J connectivity index is 1.92.